The van der Waals surface area contributed by atoms with E-state index in [4.69, 9.17) is 9.47 Å². The summed E-state index contributed by atoms with van der Waals surface area (Å²) in [5.74, 6) is -0.986. The van der Waals surface area contributed by atoms with Crippen LogP contribution in [0.1, 0.15) is 31.4 Å². The van der Waals surface area contributed by atoms with Gasteiger partial charge in [-0.2, -0.15) is 0 Å². The molecule has 2 aromatic carbocycles. The van der Waals surface area contributed by atoms with Gasteiger partial charge in [0.25, 0.3) is 0 Å². The molecule has 2 heterocycles. The van der Waals surface area contributed by atoms with Gasteiger partial charge in [0.2, 0.25) is 5.79 Å². The van der Waals surface area contributed by atoms with Gasteiger partial charge < -0.3 is 9.47 Å². The van der Waals surface area contributed by atoms with Crippen LogP contribution < -0.4 is 11.4 Å². The van der Waals surface area contributed by atoms with Crippen molar-refractivity contribution in [1.82, 2.24) is 14.3 Å². The zero-order valence-electron chi connectivity index (χ0n) is 16.9. The Balaban J connectivity index is 1.70. The average molecular weight is 405 g/mol. The molecule has 1 aliphatic heterocycles. The molecule has 7 nitrogen and oxygen atoms in total. The van der Waals surface area contributed by atoms with Gasteiger partial charge in [0.15, 0.2) is 0 Å². The molecule has 7 heteroatoms. The van der Waals surface area contributed by atoms with E-state index in [0.29, 0.717) is 12.3 Å². The Morgan fingerprint density at radius 2 is 1.70 bits per heavy atom. The molecular weight excluding hydrogens is 382 g/mol. The van der Waals surface area contributed by atoms with Crippen molar-refractivity contribution in [3.63, 3.8) is 0 Å². The van der Waals surface area contributed by atoms with Gasteiger partial charge in [-0.3, -0.25) is 0 Å². The van der Waals surface area contributed by atoms with Gasteiger partial charge in [-0.1, -0.05) is 48.5 Å². The number of rotatable bonds is 2. The Hall–Kier alpha value is -3.16. The van der Waals surface area contributed by atoms with Gasteiger partial charge in [-0.05, 0) is 44.0 Å². The van der Waals surface area contributed by atoms with Crippen molar-refractivity contribution in [1.29, 1.82) is 0 Å². The van der Waals surface area contributed by atoms with E-state index in [0.717, 1.165) is 22.1 Å². The van der Waals surface area contributed by atoms with Crippen LogP contribution in [0.15, 0.2) is 76.3 Å². The smallest absolute Gasteiger partial charge is 0.343 e. The second kappa shape index (κ2) is 6.68. The molecule has 0 saturated carbocycles. The van der Waals surface area contributed by atoms with Crippen LogP contribution in [0.5, 0.6) is 0 Å². The normalized spacial score (nSPS) is 27.9. The maximum absolute atomic E-state index is 13.3. The van der Waals surface area contributed by atoms with Crippen LogP contribution in [0.25, 0.3) is 5.69 Å². The number of fused-ring (bicyclic) bond motifs is 2. The molecule has 1 aromatic heterocycles. The number of hydrogen-bond acceptors (Lipinski definition) is 4. The number of para-hydroxylation sites is 1. The van der Waals surface area contributed by atoms with E-state index >= 15 is 0 Å². The van der Waals surface area contributed by atoms with E-state index in [1.54, 1.807) is 24.3 Å². The topological polar surface area (TPSA) is 78.2 Å². The lowest BCUT2D eigenvalue weighted by molar-refractivity contribution is -0.271. The first-order chi connectivity index (χ1) is 14.4. The largest absolute Gasteiger partial charge is 0.352 e. The Morgan fingerprint density at radius 1 is 1.00 bits per heavy atom. The Labute approximate surface area is 173 Å². The lowest BCUT2D eigenvalue weighted by atomic mass is 9.79. The van der Waals surface area contributed by atoms with Crippen molar-refractivity contribution >= 4 is 0 Å². The third kappa shape index (κ3) is 2.66. The predicted molar refractivity (Wildman–Crippen MR) is 112 cm³/mol. The van der Waals surface area contributed by atoms with Crippen molar-refractivity contribution in [3.8, 4) is 5.69 Å². The first-order valence-electron chi connectivity index (χ1n) is 10.1. The van der Waals surface area contributed by atoms with E-state index in [2.05, 4.69) is 5.10 Å². The monoisotopic (exact) mass is 405 g/mol. The number of allylic oxidation sites excluding steroid dienone is 1. The first kappa shape index (κ1) is 18.8. The Morgan fingerprint density at radius 3 is 2.43 bits per heavy atom. The van der Waals surface area contributed by atoms with Crippen LogP contribution >= 0.6 is 0 Å². The molecule has 0 bridgehead atoms. The minimum atomic E-state index is -0.986. The van der Waals surface area contributed by atoms with Gasteiger partial charge in [-0.25, -0.2) is 23.9 Å². The van der Waals surface area contributed by atoms with Crippen LogP contribution in [-0.4, -0.2) is 27.1 Å². The summed E-state index contributed by atoms with van der Waals surface area (Å²) in [5.41, 5.74) is 0.349. The third-order valence-corrected chi connectivity index (χ3v) is 5.96. The molecule has 1 aliphatic carbocycles. The number of aromatic amines is 1. The van der Waals surface area contributed by atoms with Gasteiger partial charge in [0, 0.05) is 5.56 Å². The summed E-state index contributed by atoms with van der Waals surface area (Å²) >= 11 is 0. The molecule has 5 rings (SSSR count). The van der Waals surface area contributed by atoms with E-state index in [1.807, 2.05) is 56.3 Å². The summed E-state index contributed by atoms with van der Waals surface area (Å²) in [6, 6.07) is 16.6. The molecule has 154 valence electrons. The number of hydrogen-bond donors (Lipinski definition) is 1. The molecule has 3 atom stereocenters. The Bertz CT molecular complexity index is 1240. The van der Waals surface area contributed by atoms with Gasteiger partial charge in [0.1, 0.15) is 5.54 Å². The van der Waals surface area contributed by atoms with Gasteiger partial charge in [0.05, 0.1) is 18.4 Å². The molecule has 2 aliphatic rings. The number of H-pyrrole nitrogens is 1. The lowest BCUT2D eigenvalue weighted by Gasteiger charge is -2.44. The molecule has 1 N–H and O–H groups in total. The maximum Gasteiger partial charge on any atom is 0.352 e. The number of aromatic nitrogens is 3. The standard InChI is InChI=1S/C23H23N3O4/c1-16-12-15-29-23(30-16)14-13-22(2,18-10-6-7-11-19(18)23)26-21(28)25(20(27)24-26)17-8-4-3-5-9-17/h3-11,13-14,16H,12,15H2,1-2H3,(H,24,27)/t16-,22+,23+/m0/s1. The highest BCUT2D eigenvalue weighted by Gasteiger charge is 2.46. The van der Waals surface area contributed by atoms with Gasteiger partial charge in [-0.15, -0.1) is 0 Å². The molecule has 0 amide bonds. The summed E-state index contributed by atoms with van der Waals surface area (Å²) in [7, 11) is 0. The quantitative estimate of drug-likeness (QED) is 0.665. The molecule has 1 fully saturated rings. The SMILES string of the molecule is C[C@H]1CCO[C@]2(C=C[C@@](C)(n3[nH]c(=O)n(-c4ccccc4)c3=O)c3ccccc32)O1. The number of nitrogens with one attached hydrogen (secondary N) is 1. The predicted octanol–water partition coefficient (Wildman–Crippen LogP) is 2.64. The number of ether oxygens (including phenoxy) is 2. The fraction of sp³-hybridized carbons (Fsp3) is 0.304. The zero-order valence-corrected chi connectivity index (χ0v) is 16.9. The van der Waals surface area contributed by atoms with E-state index in [9.17, 15) is 9.59 Å². The van der Waals surface area contributed by atoms with Crippen LogP contribution in [0, 0.1) is 0 Å². The molecule has 1 spiro atoms. The van der Waals surface area contributed by atoms with Crippen molar-refractivity contribution in [2.24, 2.45) is 0 Å². The molecule has 30 heavy (non-hydrogen) atoms. The molecule has 0 unspecified atom stereocenters. The fourth-order valence-electron chi connectivity index (χ4n) is 4.37. The number of nitrogens with zero attached hydrogens (tertiary/aromatic N) is 2. The summed E-state index contributed by atoms with van der Waals surface area (Å²) < 4.78 is 14.8. The number of benzene rings is 2. The van der Waals surface area contributed by atoms with E-state index in [1.165, 1.54) is 4.68 Å². The van der Waals surface area contributed by atoms with Crippen LogP contribution in [0.4, 0.5) is 0 Å². The Kier molecular flexibility index (Phi) is 4.20. The highest BCUT2D eigenvalue weighted by Crippen LogP contribution is 2.45. The summed E-state index contributed by atoms with van der Waals surface area (Å²) in [6.45, 7) is 4.50. The first-order valence-corrected chi connectivity index (χ1v) is 10.1. The van der Waals surface area contributed by atoms with Gasteiger partial charge >= 0.3 is 11.4 Å². The summed E-state index contributed by atoms with van der Waals surface area (Å²) in [4.78, 5) is 26.0. The highest BCUT2D eigenvalue weighted by molar-refractivity contribution is 5.46. The highest BCUT2D eigenvalue weighted by atomic mass is 16.7. The third-order valence-electron chi connectivity index (χ3n) is 5.96. The molecule has 0 radical (unpaired) electrons. The molecule has 3 aromatic rings. The lowest BCUT2D eigenvalue weighted by Crippen LogP contribution is -2.48. The molecule has 1 saturated heterocycles. The van der Waals surface area contributed by atoms with Crippen LogP contribution in [-0.2, 0) is 20.8 Å². The van der Waals surface area contributed by atoms with Crippen molar-refractivity contribution < 1.29 is 9.47 Å². The minimum Gasteiger partial charge on any atom is -0.343 e. The zero-order chi connectivity index (χ0) is 20.9. The van der Waals surface area contributed by atoms with Crippen LogP contribution in [0.2, 0.25) is 0 Å². The second-order valence-corrected chi connectivity index (χ2v) is 7.97. The van der Waals surface area contributed by atoms with Crippen molar-refractivity contribution in [3.05, 3.63) is 98.8 Å². The van der Waals surface area contributed by atoms with E-state index in [-0.39, 0.29) is 6.10 Å². The fourth-order valence-corrected chi connectivity index (χ4v) is 4.37. The maximum atomic E-state index is 13.3. The summed E-state index contributed by atoms with van der Waals surface area (Å²) in [6.07, 6.45) is 4.60. The average Bonchev–Trinajstić information content (AvgIpc) is 3.07. The second-order valence-electron chi connectivity index (χ2n) is 7.97. The van der Waals surface area contributed by atoms with E-state index < -0.39 is 22.7 Å². The summed E-state index contributed by atoms with van der Waals surface area (Å²) in [5, 5.41) is 2.74. The van der Waals surface area contributed by atoms with Crippen LogP contribution in [0.3, 0.4) is 0 Å². The molecular formula is C23H23N3O4. The van der Waals surface area contributed by atoms with Crippen molar-refractivity contribution in [2.45, 2.75) is 37.7 Å². The van der Waals surface area contributed by atoms with Crippen molar-refractivity contribution in [2.75, 3.05) is 6.61 Å². The minimum absolute atomic E-state index is 0.0440.